The minimum Gasteiger partial charge on any atom is -0.389 e. The van der Waals surface area contributed by atoms with Crippen LogP contribution in [0.1, 0.15) is 82.8 Å². The average molecular weight is 556 g/mol. The summed E-state index contributed by atoms with van der Waals surface area (Å²) in [5.74, 6) is -0.179. The fourth-order valence-corrected chi connectivity index (χ4v) is 6.65. The molecule has 1 fully saturated rings. The lowest BCUT2D eigenvalue weighted by molar-refractivity contribution is 0.0694. The van der Waals surface area contributed by atoms with Crippen LogP contribution >= 0.6 is 0 Å². The number of hydrogen-bond donors (Lipinski definition) is 3. The standard InChI is InChI=1S/C31H42FN3O3S/c1-20-24(29(36)33-19-31(5,6)37)17-26(35(20)18-21-11-8-7-9-12-21)22-15-16-27(39(38)34-30(2,3)4)28-23(22)13-10-14-25(28)32/h10,13-17,21,34,37H,7-9,11-12,18-19H2,1-6H3,(H,33,36). The first-order valence-electron chi connectivity index (χ1n) is 13.9. The summed E-state index contributed by atoms with van der Waals surface area (Å²) in [4.78, 5) is 13.6. The van der Waals surface area contributed by atoms with E-state index in [1.165, 1.54) is 25.3 Å². The first-order chi connectivity index (χ1) is 18.2. The summed E-state index contributed by atoms with van der Waals surface area (Å²) in [7, 11) is -1.62. The molecule has 212 valence electrons. The SMILES string of the molecule is Cc1c(C(=O)NCC(C)(C)O)cc(-c2ccc(S(=O)NC(C)(C)C)c3c(F)cccc23)n1CC1CCCCC1. The molecule has 8 heteroatoms. The summed E-state index contributed by atoms with van der Waals surface area (Å²) < 4.78 is 33.9. The largest absolute Gasteiger partial charge is 0.389 e. The minimum absolute atomic E-state index is 0.129. The van der Waals surface area contributed by atoms with E-state index in [1.807, 2.05) is 45.9 Å². The van der Waals surface area contributed by atoms with Crippen molar-refractivity contribution in [2.45, 2.75) is 96.2 Å². The van der Waals surface area contributed by atoms with Crippen molar-refractivity contribution < 1.29 is 18.5 Å². The summed E-state index contributed by atoms with van der Waals surface area (Å²) >= 11 is 0. The molecule has 1 heterocycles. The van der Waals surface area contributed by atoms with E-state index in [0.29, 0.717) is 27.1 Å². The normalized spacial score (nSPS) is 16.0. The Hall–Kier alpha value is -2.55. The zero-order valence-corrected chi connectivity index (χ0v) is 24.8. The molecule has 0 spiro atoms. The van der Waals surface area contributed by atoms with Gasteiger partial charge in [0.05, 0.1) is 16.1 Å². The number of aliphatic hydroxyl groups is 1. The van der Waals surface area contributed by atoms with Crippen molar-refractivity contribution >= 4 is 27.7 Å². The van der Waals surface area contributed by atoms with Crippen LogP contribution in [0.4, 0.5) is 4.39 Å². The highest BCUT2D eigenvalue weighted by Crippen LogP contribution is 2.37. The fraction of sp³-hybridized carbons (Fsp3) is 0.516. The summed E-state index contributed by atoms with van der Waals surface area (Å²) in [5, 5.41) is 14.0. The molecule has 3 N–H and O–H groups in total. The number of rotatable bonds is 8. The molecule has 3 aromatic rings. The Morgan fingerprint density at radius 3 is 2.44 bits per heavy atom. The maximum absolute atomic E-state index is 15.4. The van der Waals surface area contributed by atoms with Gasteiger partial charge >= 0.3 is 0 Å². The van der Waals surface area contributed by atoms with E-state index in [1.54, 1.807) is 26.0 Å². The van der Waals surface area contributed by atoms with Crippen LogP contribution in [-0.4, -0.2) is 37.5 Å². The Labute approximate surface area is 234 Å². The van der Waals surface area contributed by atoms with Crippen LogP contribution in [0.5, 0.6) is 0 Å². The number of benzene rings is 2. The van der Waals surface area contributed by atoms with Gasteiger partial charge in [0.1, 0.15) is 16.8 Å². The molecule has 0 saturated heterocycles. The van der Waals surface area contributed by atoms with Gasteiger partial charge in [-0.1, -0.05) is 37.5 Å². The molecular formula is C31H42FN3O3S. The number of fused-ring (bicyclic) bond motifs is 1. The van der Waals surface area contributed by atoms with Crippen LogP contribution in [-0.2, 0) is 17.5 Å². The fourth-order valence-electron chi connectivity index (χ4n) is 5.40. The number of halogens is 1. The minimum atomic E-state index is -1.62. The third-order valence-corrected chi connectivity index (χ3v) is 8.82. The Morgan fingerprint density at radius 2 is 1.79 bits per heavy atom. The van der Waals surface area contributed by atoms with Gasteiger partial charge in [0, 0.05) is 41.0 Å². The third-order valence-electron chi connectivity index (χ3n) is 7.28. The molecule has 1 aliphatic carbocycles. The smallest absolute Gasteiger partial charge is 0.253 e. The third kappa shape index (κ3) is 6.97. The Kier molecular flexibility index (Phi) is 8.69. The van der Waals surface area contributed by atoms with E-state index in [-0.39, 0.29) is 12.5 Å². The molecule has 2 aromatic carbocycles. The van der Waals surface area contributed by atoms with Crippen molar-refractivity contribution in [3.8, 4) is 11.3 Å². The second kappa shape index (κ2) is 11.5. The molecule has 0 radical (unpaired) electrons. The number of nitrogens with one attached hydrogen (secondary N) is 2. The Morgan fingerprint density at radius 1 is 1.10 bits per heavy atom. The number of aromatic nitrogens is 1. The van der Waals surface area contributed by atoms with Gasteiger partial charge in [0.2, 0.25) is 0 Å². The predicted octanol–water partition coefficient (Wildman–Crippen LogP) is 6.25. The van der Waals surface area contributed by atoms with E-state index in [2.05, 4.69) is 14.6 Å². The van der Waals surface area contributed by atoms with Gasteiger partial charge in [-0.2, -0.15) is 0 Å². The quantitative estimate of drug-likeness (QED) is 0.307. The lowest BCUT2D eigenvalue weighted by atomic mass is 9.89. The molecule has 1 aliphatic rings. The van der Waals surface area contributed by atoms with Gasteiger partial charge in [-0.25, -0.2) is 13.3 Å². The van der Waals surface area contributed by atoms with Crippen molar-refractivity contribution in [2.75, 3.05) is 6.54 Å². The van der Waals surface area contributed by atoms with Crippen LogP contribution in [0.3, 0.4) is 0 Å². The van der Waals surface area contributed by atoms with Gasteiger partial charge in [0.15, 0.2) is 0 Å². The van der Waals surface area contributed by atoms with E-state index in [9.17, 15) is 14.1 Å². The Balaban J connectivity index is 1.86. The second-order valence-corrected chi connectivity index (χ2v) is 13.7. The summed E-state index contributed by atoms with van der Waals surface area (Å²) in [6, 6.07) is 10.4. The highest BCUT2D eigenvalue weighted by atomic mass is 32.2. The number of carbonyl (C=O) groups is 1. The van der Waals surface area contributed by atoms with Crippen molar-refractivity contribution in [1.29, 1.82) is 0 Å². The van der Waals surface area contributed by atoms with Gasteiger partial charge in [-0.05, 0) is 83.9 Å². The molecule has 1 aromatic heterocycles. The highest BCUT2D eigenvalue weighted by Gasteiger charge is 2.26. The predicted molar refractivity (Wildman–Crippen MR) is 157 cm³/mol. The number of hydrogen-bond acceptors (Lipinski definition) is 3. The summed E-state index contributed by atoms with van der Waals surface area (Å²) in [6.07, 6.45) is 5.94. The molecule has 1 amide bonds. The zero-order chi connectivity index (χ0) is 28.5. The molecule has 0 bridgehead atoms. The number of amides is 1. The maximum atomic E-state index is 15.4. The van der Waals surface area contributed by atoms with E-state index in [4.69, 9.17) is 0 Å². The molecule has 6 nitrogen and oxygen atoms in total. The Bertz CT molecular complexity index is 1380. The van der Waals surface area contributed by atoms with Gasteiger partial charge < -0.3 is 15.0 Å². The first kappa shape index (κ1) is 29.4. The molecule has 4 rings (SSSR count). The molecular weight excluding hydrogens is 513 g/mol. The lowest BCUT2D eigenvalue weighted by Gasteiger charge is -2.25. The summed E-state index contributed by atoms with van der Waals surface area (Å²) in [6.45, 7) is 11.9. The van der Waals surface area contributed by atoms with Crippen LogP contribution in [0, 0.1) is 18.7 Å². The molecule has 0 aliphatic heterocycles. The topological polar surface area (TPSA) is 83.4 Å². The van der Waals surface area contributed by atoms with Crippen LogP contribution in [0.25, 0.3) is 22.0 Å². The van der Waals surface area contributed by atoms with Crippen LogP contribution in [0.15, 0.2) is 41.3 Å². The monoisotopic (exact) mass is 555 g/mol. The zero-order valence-electron chi connectivity index (χ0n) is 24.0. The van der Waals surface area contributed by atoms with Crippen molar-refractivity contribution in [2.24, 2.45) is 5.92 Å². The van der Waals surface area contributed by atoms with E-state index in [0.717, 1.165) is 36.3 Å². The average Bonchev–Trinajstić information content (AvgIpc) is 3.17. The van der Waals surface area contributed by atoms with Crippen molar-refractivity contribution in [3.63, 3.8) is 0 Å². The van der Waals surface area contributed by atoms with Crippen molar-refractivity contribution in [3.05, 3.63) is 53.5 Å². The van der Waals surface area contributed by atoms with E-state index < -0.39 is 27.9 Å². The van der Waals surface area contributed by atoms with Crippen molar-refractivity contribution in [1.82, 2.24) is 14.6 Å². The molecule has 39 heavy (non-hydrogen) atoms. The van der Waals surface area contributed by atoms with E-state index >= 15 is 4.39 Å². The number of carbonyl (C=O) groups excluding carboxylic acids is 1. The molecule has 1 unspecified atom stereocenters. The maximum Gasteiger partial charge on any atom is 0.253 e. The molecule has 1 atom stereocenters. The lowest BCUT2D eigenvalue weighted by Crippen LogP contribution is -2.38. The summed E-state index contributed by atoms with van der Waals surface area (Å²) in [5.41, 5.74) is 1.56. The highest BCUT2D eigenvalue weighted by molar-refractivity contribution is 7.83. The van der Waals surface area contributed by atoms with Gasteiger partial charge in [0.25, 0.3) is 5.91 Å². The first-order valence-corrected chi connectivity index (χ1v) is 15.0. The van der Waals surface area contributed by atoms with Crippen LogP contribution in [0.2, 0.25) is 0 Å². The van der Waals surface area contributed by atoms with Crippen LogP contribution < -0.4 is 10.0 Å². The number of nitrogens with zero attached hydrogens (tertiary/aromatic N) is 1. The second-order valence-electron chi connectivity index (χ2n) is 12.5. The van der Waals surface area contributed by atoms with Gasteiger partial charge in [-0.15, -0.1) is 0 Å². The molecule has 1 saturated carbocycles. The van der Waals surface area contributed by atoms with Gasteiger partial charge in [-0.3, -0.25) is 4.79 Å².